The maximum atomic E-state index is 12.4. The third kappa shape index (κ3) is 5.81. The molecule has 2 aromatic carbocycles. The summed E-state index contributed by atoms with van der Waals surface area (Å²) in [5.74, 6) is -1.92. The number of amides is 2. The first-order chi connectivity index (χ1) is 13.3. The molecule has 0 radical (unpaired) electrons. The average Bonchev–Trinajstić information content (AvgIpc) is 2.66. The van der Waals surface area contributed by atoms with Crippen LogP contribution in [-0.2, 0) is 14.3 Å². The minimum atomic E-state index is -1.15. The number of ether oxygens (including phenoxy) is 1. The van der Waals surface area contributed by atoms with Gasteiger partial charge in [-0.25, -0.2) is 4.79 Å². The SMILES string of the molecule is CC(OC(=O)c1ccccc1SCC(N)=O)C(=O)Nc1cccc([N+](=O)[O-])c1. The number of anilines is 1. The molecule has 0 aliphatic carbocycles. The number of nitrogens with one attached hydrogen (secondary N) is 1. The molecule has 0 saturated carbocycles. The molecule has 9 nitrogen and oxygen atoms in total. The van der Waals surface area contributed by atoms with Gasteiger partial charge < -0.3 is 15.8 Å². The van der Waals surface area contributed by atoms with Crippen molar-refractivity contribution in [2.45, 2.75) is 17.9 Å². The summed E-state index contributed by atoms with van der Waals surface area (Å²) in [4.78, 5) is 46.3. The Balaban J connectivity index is 2.04. The molecule has 146 valence electrons. The van der Waals surface area contributed by atoms with Gasteiger partial charge >= 0.3 is 5.97 Å². The minimum Gasteiger partial charge on any atom is -0.449 e. The molecular formula is C18H17N3O6S. The van der Waals surface area contributed by atoms with E-state index < -0.39 is 28.8 Å². The number of nitro benzene ring substituents is 1. The second-order valence-electron chi connectivity index (χ2n) is 5.60. The predicted molar refractivity (Wildman–Crippen MR) is 103 cm³/mol. The number of esters is 1. The normalized spacial score (nSPS) is 11.3. The molecule has 0 fully saturated rings. The molecule has 0 heterocycles. The molecule has 2 aromatic rings. The fourth-order valence-electron chi connectivity index (χ4n) is 2.13. The van der Waals surface area contributed by atoms with E-state index in [0.717, 1.165) is 11.8 Å². The molecule has 0 spiro atoms. The van der Waals surface area contributed by atoms with Crippen LogP contribution in [0.25, 0.3) is 0 Å². The molecule has 10 heteroatoms. The molecule has 0 aliphatic heterocycles. The largest absolute Gasteiger partial charge is 0.449 e. The van der Waals surface area contributed by atoms with Crippen molar-refractivity contribution in [3.8, 4) is 0 Å². The second kappa shape index (κ2) is 9.51. The number of carbonyl (C=O) groups excluding carboxylic acids is 3. The Hall–Kier alpha value is -3.40. The number of rotatable bonds is 8. The van der Waals surface area contributed by atoms with Gasteiger partial charge in [-0.3, -0.25) is 19.7 Å². The van der Waals surface area contributed by atoms with Crippen LogP contribution in [0.4, 0.5) is 11.4 Å². The summed E-state index contributed by atoms with van der Waals surface area (Å²) in [6.07, 6.45) is -1.15. The molecule has 1 unspecified atom stereocenters. The van der Waals surface area contributed by atoms with Crippen LogP contribution in [0.5, 0.6) is 0 Å². The van der Waals surface area contributed by atoms with Crippen LogP contribution in [0.2, 0.25) is 0 Å². The Morgan fingerprint density at radius 1 is 1.21 bits per heavy atom. The van der Waals surface area contributed by atoms with Gasteiger partial charge in [0.15, 0.2) is 6.10 Å². The number of hydrogen-bond acceptors (Lipinski definition) is 7. The number of non-ortho nitro benzene ring substituents is 1. The van der Waals surface area contributed by atoms with E-state index in [-0.39, 0.29) is 22.7 Å². The lowest BCUT2D eigenvalue weighted by molar-refractivity contribution is -0.384. The number of nitro groups is 1. The van der Waals surface area contributed by atoms with Gasteiger partial charge in [0, 0.05) is 22.7 Å². The van der Waals surface area contributed by atoms with Crippen molar-refractivity contribution in [3.63, 3.8) is 0 Å². The number of carbonyl (C=O) groups is 3. The van der Waals surface area contributed by atoms with E-state index in [1.165, 1.54) is 37.3 Å². The van der Waals surface area contributed by atoms with Gasteiger partial charge in [0.05, 0.1) is 16.2 Å². The first-order valence-corrected chi connectivity index (χ1v) is 9.03. The smallest absolute Gasteiger partial charge is 0.340 e. The number of hydrogen-bond donors (Lipinski definition) is 2. The Morgan fingerprint density at radius 2 is 1.93 bits per heavy atom. The number of thioether (sulfide) groups is 1. The van der Waals surface area contributed by atoms with E-state index >= 15 is 0 Å². The highest BCUT2D eigenvalue weighted by atomic mass is 32.2. The second-order valence-corrected chi connectivity index (χ2v) is 6.61. The predicted octanol–water partition coefficient (Wildman–Crippen LogP) is 2.36. The highest BCUT2D eigenvalue weighted by Crippen LogP contribution is 2.23. The Morgan fingerprint density at radius 3 is 2.61 bits per heavy atom. The van der Waals surface area contributed by atoms with Crippen molar-refractivity contribution in [1.29, 1.82) is 0 Å². The third-order valence-electron chi connectivity index (χ3n) is 3.45. The number of nitrogens with two attached hydrogens (primary N) is 1. The first kappa shape index (κ1) is 20.9. The lowest BCUT2D eigenvalue weighted by Crippen LogP contribution is -2.30. The monoisotopic (exact) mass is 403 g/mol. The zero-order valence-electron chi connectivity index (χ0n) is 14.8. The molecule has 0 bridgehead atoms. The van der Waals surface area contributed by atoms with E-state index in [1.54, 1.807) is 18.2 Å². The van der Waals surface area contributed by atoms with E-state index in [2.05, 4.69) is 5.32 Å². The first-order valence-electron chi connectivity index (χ1n) is 8.04. The van der Waals surface area contributed by atoms with Crippen LogP contribution in [0, 0.1) is 10.1 Å². The molecular weight excluding hydrogens is 386 g/mol. The molecule has 3 N–H and O–H groups in total. The fourth-order valence-corrected chi connectivity index (χ4v) is 2.91. The maximum Gasteiger partial charge on any atom is 0.340 e. The van der Waals surface area contributed by atoms with Crippen molar-refractivity contribution in [2.75, 3.05) is 11.1 Å². The van der Waals surface area contributed by atoms with E-state index in [0.29, 0.717) is 4.90 Å². The minimum absolute atomic E-state index is 0.00683. The lowest BCUT2D eigenvalue weighted by atomic mass is 10.2. The summed E-state index contributed by atoms with van der Waals surface area (Å²) in [6, 6.07) is 11.9. The average molecular weight is 403 g/mol. The molecule has 28 heavy (non-hydrogen) atoms. The van der Waals surface area contributed by atoms with Crippen LogP contribution < -0.4 is 11.1 Å². The van der Waals surface area contributed by atoms with Crippen molar-refractivity contribution in [3.05, 3.63) is 64.2 Å². The van der Waals surface area contributed by atoms with Crippen molar-refractivity contribution in [1.82, 2.24) is 0 Å². The summed E-state index contributed by atoms with van der Waals surface area (Å²) < 4.78 is 5.18. The zero-order valence-corrected chi connectivity index (χ0v) is 15.6. The summed E-state index contributed by atoms with van der Waals surface area (Å²) in [6.45, 7) is 1.38. The van der Waals surface area contributed by atoms with Gasteiger partial charge in [0.1, 0.15) is 0 Å². The number of primary amides is 1. The van der Waals surface area contributed by atoms with Crippen LogP contribution >= 0.6 is 11.8 Å². The van der Waals surface area contributed by atoms with Crippen LogP contribution in [0.15, 0.2) is 53.4 Å². The summed E-state index contributed by atoms with van der Waals surface area (Å²) in [7, 11) is 0. The summed E-state index contributed by atoms with van der Waals surface area (Å²) in [5, 5.41) is 13.3. The lowest BCUT2D eigenvalue weighted by Gasteiger charge is -2.15. The van der Waals surface area contributed by atoms with Crippen molar-refractivity contribution in [2.24, 2.45) is 5.73 Å². The molecule has 0 aromatic heterocycles. The third-order valence-corrected chi connectivity index (χ3v) is 4.55. The molecule has 1 atom stereocenters. The van der Waals surface area contributed by atoms with Gasteiger partial charge in [-0.05, 0) is 25.1 Å². The highest BCUT2D eigenvalue weighted by Gasteiger charge is 2.21. The van der Waals surface area contributed by atoms with Crippen molar-refractivity contribution >= 4 is 40.9 Å². The fraction of sp³-hybridized carbons (Fsp3) is 0.167. The Bertz CT molecular complexity index is 918. The topological polar surface area (TPSA) is 142 Å². The molecule has 0 aliphatic rings. The van der Waals surface area contributed by atoms with Gasteiger partial charge in [0.2, 0.25) is 5.91 Å². The van der Waals surface area contributed by atoms with Crippen LogP contribution in [-0.4, -0.2) is 34.6 Å². The van der Waals surface area contributed by atoms with Gasteiger partial charge in [0.25, 0.3) is 11.6 Å². The van der Waals surface area contributed by atoms with E-state index in [9.17, 15) is 24.5 Å². The quantitative estimate of drug-likeness (QED) is 0.298. The number of benzene rings is 2. The number of nitrogens with zero attached hydrogens (tertiary/aromatic N) is 1. The standard InChI is InChI=1S/C18H17N3O6S/c1-11(17(23)20-12-5-4-6-13(9-12)21(25)26)27-18(24)14-7-2-3-8-15(14)28-10-16(19)22/h2-9,11H,10H2,1H3,(H2,19,22)(H,20,23). The Kier molecular flexibility index (Phi) is 7.10. The van der Waals surface area contributed by atoms with Crippen LogP contribution in [0.1, 0.15) is 17.3 Å². The van der Waals surface area contributed by atoms with Crippen LogP contribution in [0.3, 0.4) is 0 Å². The summed E-state index contributed by atoms with van der Waals surface area (Å²) >= 11 is 1.09. The van der Waals surface area contributed by atoms with Gasteiger partial charge in [-0.15, -0.1) is 11.8 Å². The van der Waals surface area contributed by atoms with Gasteiger partial charge in [-0.1, -0.05) is 18.2 Å². The molecule has 2 amide bonds. The molecule has 0 saturated heterocycles. The van der Waals surface area contributed by atoms with Gasteiger partial charge in [-0.2, -0.15) is 0 Å². The molecule has 2 rings (SSSR count). The van der Waals surface area contributed by atoms with Crippen molar-refractivity contribution < 1.29 is 24.0 Å². The van der Waals surface area contributed by atoms with E-state index in [4.69, 9.17) is 10.5 Å². The highest BCUT2D eigenvalue weighted by molar-refractivity contribution is 8.00. The summed E-state index contributed by atoms with van der Waals surface area (Å²) in [5.41, 5.74) is 5.35. The Labute approximate surface area is 164 Å². The maximum absolute atomic E-state index is 12.4. The zero-order chi connectivity index (χ0) is 20.7. The van der Waals surface area contributed by atoms with E-state index in [1.807, 2.05) is 0 Å².